The molecule has 4 rings (SSSR count). The molecule has 0 saturated carbocycles. The van der Waals surface area contributed by atoms with Crippen LogP contribution in [0.15, 0.2) is 70.8 Å². The summed E-state index contributed by atoms with van der Waals surface area (Å²) >= 11 is 1.29. The predicted octanol–water partition coefficient (Wildman–Crippen LogP) is 3.76. The minimum Gasteiger partial charge on any atom is -0.505 e. The molecule has 0 atom stereocenters. The number of pyridine rings is 1. The maximum Gasteiger partial charge on any atom is 0.268 e. The van der Waals surface area contributed by atoms with Crippen LogP contribution in [-0.4, -0.2) is 22.7 Å². The maximum absolute atomic E-state index is 13.2. The van der Waals surface area contributed by atoms with Crippen molar-refractivity contribution in [1.82, 2.24) is 9.88 Å². The fourth-order valence-electron chi connectivity index (χ4n) is 3.29. The van der Waals surface area contributed by atoms with Gasteiger partial charge in [0.2, 0.25) is 0 Å². The molecular weight excluding hydrogens is 400 g/mol. The normalized spacial score (nSPS) is 10.8. The van der Waals surface area contributed by atoms with E-state index in [9.17, 15) is 14.7 Å². The second-order valence-electron chi connectivity index (χ2n) is 6.77. The number of hydrogen-bond donors (Lipinski definition) is 2. The van der Waals surface area contributed by atoms with Crippen LogP contribution in [0.25, 0.3) is 10.2 Å². The number of rotatable bonds is 6. The molecule has 0 aliphatic rings. The van der Waals surface area contributed by atoms with Crippen LogP contribution in [-0.2, 0) is 13.1 Å². The Hall–Kier alpha value is -3.58. The summed E-state index contributed by atoms with van der Waals surface area (Å²) in [6, 6.07) is 18.6. The fourth-order valence-corrected chi connectivity index (χ4v) is 4.14. The van der Waals surface area contributed by atoms with Gasteiger partial charge >= 0.3 is 0 Å². The molecule has 2 heterocycles. The molecular formula is C23H20N2O4S. The van der Waals surface area contributed by atoms with Crippen molar-refractivity contribution >= 4 is 27.5 Å². The van der Waals surface area contributed by atoms with Crippen molar-refractivity contribution in [2.75, 3.05) is 7.11 Å². The highest BCUT2D eigenvalue weighted by Gasteiger charge is 2.23. The van der Waals surface area contributed by atoms with Crippen molar-refractivity contribution in [3.05, 3.63) is 93.1 Å². The number of amides is 1. The molecule has 0 radical (unpaired) electrons. The van der Waals surface area contributed by atoms with E-state index in [1.165, 1.54) is 15.9 Å². The van der Waals surface area contributed by atoms with Gasteiger partial charge in [-0.25, -0.2) is 0 Å². The van der Waals surface area contributed by atoms with Gasteiger partial charge in [0.15, 0.2) is 5.75 Å². The first-order valence-electron chi connectivity index (χ1n) is 9.36. The molecule has 0 saturated heterocycles. The van der Waals surface area contributed by atoms with Crippen LogP contribution in [0.3, 0.4) is 0 Å². The number of ether oxygens (including phenoxy) is 1. The molecule has 2 aromatic heterocycles. The average Bonchev–Trinajstić information content (AvgIpc) is 3.26. The number of nitrogens with one attached hydrogen (secondary N) is 1. The first kappa shape index (κ1) is 19.7. The van der Waals surface area contributed by atoms with E-state index in [1.807, 2.05) is 42.5 Å². The first-order valence-corrected chi connectivity index (χ1v) is 10.2. The quantitative estimate of drug-likeness (QED) is 0.498. The standard InChI is InChI=1S/C23H20N2O4S/c1-29-17-9-7-15(8-10-17)13-24-22(27)19-20(26)21-18(11-12-30-21)25(23(19)28)14-16-5-3-2-4-6-16/h2-12,26H,13-14H2,1H3,(H,24,27). The topological polar surface area (TPSA) is 80.6 Å². The zero-order chi connectivity index (χ0) is 21.1. The van der Waals surface area contributed by atoms with Crippen LogP contribution >= 0.6 is 11.3 Å². The average molecular weight is 420 g/mol. The lowest BCUT2D eigenvalue weighted by atomic mass is 10.1. The molecule has 0 spiro atoms. The molecule has 4 aromatic rings. The molecule has 30 heavy (non-hydrogen) atoms. The van der Waals surface area contributed by atoms with Gasteiger partial charge in [0.25, 0.3) is 11.5 Å². The second-order valence-corrected chi connectivity index (χ2v) is 7.68. The van der Waals surface area contributed by atoms with Crippen molar-refractivity contribution in [3.63, 3.8) is 0 Å². The summed E-state index contributed by atoms with van der Waals surface area (Å²) in [5.41, 5.74) is 1.63. The van der Waals surface area contributed by atoms with E-state index in [0.717, 1.165) is 16.9 Å². The number of carbonyl (C=O) groups is 1. The van der Waals surface area contributed by atoms with E-state index in [2.05, 4.69) is 5.32 Å². The molecule has 0 aliphatic heterocycles. The Labute approximate surface area is 177 Å². The Balaban J connectivity index is 1.67. The Bertz CT molecular complexity index is 1240. The second kappa shape index (κ2) is 8.42. The van der Waals surface area contributed by atoms with Gasteiger partial charge in [-0.15, -0.1) is 11.3 Å². The summed E-state index contributed by atoms with van der Waals surface area (Å²) in [4.78, 5) is 26.0. The van der Waals surface area contributed by atoms with Gasteiger partial charge in [0, 0.05) is 6.54 Å². The van der Waals surface area contributed by atoms with Crippen LogP contribution in [0.5, 0.6) is 11.5 Å². The first-order chi connectivity index (χ1) is 14.6. The number of aromatic hydroxyl groups is 1. The third-order valence-electron chi connectivity index (χ3n) is 4.87. The number of nitrogens with zero attached hydrogens (tertiary/aromatic N) is 1. The van der Waals surface area contributed by atoms with Crippen LogP contribution in [0.4, 0.5) is 0 Å². The number of aromatic nitrogens is 1. The summed E-state index contributed by atoms with van der Waals surface area (Å²) in [5, 5.41) is 15.2. The zero-order valence-corrected chi connectivity index (χ0v) is 17.1. The van der Waals surface area contributed by atoms with Crippen molar-refractivity contribution in [2.24, 2.45) is 0 Å². The Morgan fingerprint density at radius 3 is 2.50 bits per heavy atom. The van der Waals surface area contributed by atoms with E-state index >= 15 is 0 Å². The number of hydrogen-bond acceptors (Lipinski definition) is 5. The minimum absolute atomic E-state index is 0.225. The van der Waals surface area contributed by atoms with Crippen LogP contribution in [0, 0.1) is 0 Å². The predicted molar refractivity (Wildman–Crippen MR) is 117 cm³/mol. The largest absolute Gasteiger partial charge is 0.505 e. The Morgan fingerprint density at radius 2 is 1.80 bits per heavy atom. The highest BCUT2D eigenvalue weighted by molar-refractivity contribution is 7.17. The van der Waals surface area contributed by atoms with E-state index in [-0.39, 0.29) is 17.9 Å². The molecule has 6 nitrogen and oxygen atoms in total. The number of fused-ring (bicyclic) bond motifs is 1. The lowest BCUT2D eigenvalue weighted by Gasteiger charge is -2.13. The molecule has 2 aromatic carbocycles. The lowest BCUT2D eigenvalue weighted by molar-refractivity contribution is 0.0946. The molecule has 152 valence electrons. The molecule has 7 heteroatoms. The lowest BCUT2D eigenvalue weighted by Crippen LogP contribution is -2.33. The van der Waals surface area contributed by atoms with Gasteiger partial charge in [-0.05, 0) is 34.7 Å². The van der Waals surface area contributed by atoms with E-state index in [4.69, 9.17) is 4.74 Å². The Kier molecular flexibility index (Phi) is 5.54. The summed E-state index contributed by atoms with van der Waals surface area (Å²) < 4.78 is 7.17. The highest BCUT2D eigenvalue weighted by Crippen LogP contribution is 2.31. The van der Waals surface area contributed by atoms with Gasteiger partial charge < -0.3 is 19.7 Å². The third-order valence-corrected chi connectivity index (χ3v) is 5.78. The van der Waals surface area contributed by atoms with Gasteiger partial charge in [-0.1, -0.05) is 42.5 Å². The van der Waals surface area contributed by atoms with Crippen molar-refractivity contribution in [3.8, 4) is 11.5 Å². The zero-order valence-electron chi connectivity index (χ0n) is 16.3. The summed E-state index contributed by atoms with van der Waals surface area (Å²) in [6.45, 7) is 0.537. The van der Waals surface area contributed by atoms with Crippen LogP contribution in [0.2, 0.25) is 0 Å². The Morgan fingerprint density at radius 1 is 1.07 bits per heavy atom. The SMILES string of the molecule is COc1ccc(CNC(=O)c2c(O)c3sccc3n(Cc3ccccc3)c2=O)cc1. The van der Waals surface area contributed by atoms with Gasteiger partial charge in [-0.2, -0.15) is 0 Å². The number of carbonyl (C=O) groups excluding carboxylic acids is 1. The van der Waals surface area contributed by atoms with Crippen molar-refractivity contribution in [1.29, 1.82) is 0 Å². The van der Waals surface area contributed by atoms with Crippen LogP contribution in [0.1, 0.15) is 21.5 Å². The molecule has 1 amide bonds. The molecule has 0 unspecified atom stereocenters. The number of thiophene rings is 1. The van der Waals surface area contributed by atoms with Gasteiger partial charge in [-0.3, -0.25) is 9.59 Å². The molecule has 0 fully saturated rings. The summed E-state index contributed by atoms with van der Waals surface area (Å²) in [6.07, 6.45) is 0. The third kappa shape index (κ3) is 3.79. The highest BCUT2D eigenvalue weighted by atomic mass is 32.1. The number of methoxy groups -OCH3 is 1. The van der Waals surface area contributed by atoms with Gasteiger partial charge in [0.05, 0.1) is 23.9 Å². The monoisotopic (exact) mass is 420 g/mol. The van der Waals surface area contributed by atoms with E-state index < -0.39 is 11.5 Å². The number of benzene rings is 2. The summed E-state index contributed by atoms with van der Waals surface area (Å²) in [5.74, 6) is -0.165. The minimum atomic E-state index is -0.606. The van der Waals surface area contributed by atoms with Crippen LogP contribution < -0.4 is 15.6 Å². The van der Waals surface area contributed by atoms with Crippen molar-refractivity contribution in [2.45, 2.75) is 13.1 Å². The van der Waals surface area contributed by atoms with Crippen molar-refractivity contribution < 1.29 is 14.6 Å². The molecule has 0 aliphatic carbocycles. The summed E-state index contributed by atoms with van der Waals surface area (Å²) in [7, 11) is 1.58. The van der Waals surface area contributed by atoms with E-state index in [0.29, 0.717) is 16.8 Å². The smallest absolute Gasteiger partial charge is 0.268 e. The fraction of sp³-hybridized carbons (Fsp3) is 0.130. The van der Waals surface area contributed by atoms with E-state index in [1.54, 1.807) is 30.7 Å². The molecule has 0 bridgehead atoms. The van der Waals surface area contributed by atoms with Gasteiger partial charge in [0.1, 0.15) is 11.3 Å². The molecule has 2 N–H and O–H groups in total. The maximum atomic E-state index is 13.2.